The number of halogens is 1. The van der Waals surface area contributed by atoms with Gasteiger partial charge in [-0.2, -0.15) is 0 Å². The highest BCUT2D eigenvalue weighted by Gasteiger charge is 2.21. The summed E-state index contributed by atoms with van der Waals surface area (Å²) >= 11 is 0. The Hall–Kier alpha value is -2.21. The van der Waals surface area contributed by atoms with E-state index in [9.17, 15) is 4.39 Å². The molecule has 0 spiro atoms. The van der Waals surface area contributed by atoms with Crippen LogP contribution in [0.3, 0.4) is 0 Å². The Labute approximate surface area is 129 Å². The standard InChI is InChI=1S/C16H20FN5/c17-14-6-2-1-4-12(14)9-22-7-3-5-13(10-22)21-16-8-15(18)19-11-20-16/h1-2,4,6,8,11,13H,3,5,7,9-10H2,(H3,18,19,20,21). The number of likely N-dealkylation sites (tertiary alicyclic amines) is 1. The summed E-state index contributed by atoms with van der Waals surface area (Å²) in [5, 5.41) is 3.39. The summed E-state index contributed by atoms with van der Waals surface area (Å²) in [6.45, 7) is 2.48. The van der Waals surface area contributed by atoms with Crippen molar-refractivity contribution in [1.82, 2.24) is 14.9 Å². The Morgan fingerprint density at radius 1 is 1.32 bits per heavy atom. The lowest BCUT2D eigenvalue weighted by Crippen LogP contribution is -2.41. The largest absolute Gasteiger partial charge is 0.384 e. The first-order chi connectivity index (χ1) is 10.7. The summed E-state index contributed by atoms with van der Waals surface area (Å²) in [5.41, 5.74) is 6.41. The molecule has 1 fully saturated rings. The summed E-state index contributed by atoms with van der Waals surface area (Å²) in [6, 6.07) is 8.97. The van der Waals surface area contributed by atoms with Gasteiger partial charge in [0.1, 0.15) is 23.8 Å². The fraction of sp³-hybridized carbons (Fsp3) is 0.375. The molecule has 6 heteroatoms. The highest BCUT2D eigenvalue weighted by molar-refractivity contribution is 5.44. The number of rotatable bonds is 4. The molecule has 0 aliphatic carbocycles. The molecule has 1 unspecified atom stereocenters. The minimum Gasteiger partial charge on any atom is -0.384 e. The fourth-order valence-electron chi connectivity index (χ4n) is 2.84. The number of hydrogen-bond acceptors (Lipinski definition) is 5. The zero-order valence-electron chi connectivity index (χ0n) is 12.4. The van der Waals surface area contributed by atoms with Crippen LogP contribution in [0.25, 0.3) is 0 Å². The second-order valence-corrected chi connectivity index (χ2v) is 5.64. The van der Waals surface area contributed by atoms with Gasteiger partial charge < -0.3 is 11.1 Å². The molecule has 2 heterocycles. The Morgan fingerprint density at radius 2 is 2.18 bits per heavy atom. The fourth-order valence-corrected chi connectivity index (χ4v) is 2.84. The minimum absolute atomic E-state index is 0.138. The molecular weight excluding hydrogens is 281 g/mol. The summed E-state index contributed by atoms with van der Waals surface area (Å²) in [7, 11) is 0. The van der Waals surface area contributed by atoms with E-state index in [0.717, 1.165) is 37.3 Å². The van der Waals surface area contributed by atoms with E-state index in [-0.39, 0.29) is 11.9 Å². The molecule has 1 aliphatic heterocycles. The number of nitrogens with one attached hydrogen (secondary N) is 1. The third kappa shape index (κ3) is 3.71. The molecular formula is C16H20FN5. The quantitative estimate of drug-likeness (QED) is 0.907. The van der Waals surface area contributed by atoms with Gasteiger partial charge in [-0.1, -0.05) is 18.2 Å². The summed E-state index contributed by atoms with van der Waals surface area (Å²) in [6.07, 6.45) is 3.60. The van der Waals surface area contributed by atoms with Crippen LogP contribution in [-0.2, 0) is 6.54 Å². The predicted octanol–water partition coefficient (Wildman–Crippen LogP) is 2.27. The van der Waals surface area contributed by atoms with Gasteiger partial charge in [0.05, 0.1) is 0 Å². The van der Waals surface area contributed by atoms with Crippen LogP contribution in [0, 0.1) is 5.82 Å². The van der Waals surface area contributed by atoms with E-state index in [1.807, 2.05) is 12.1 Å². The van der Waals surface area contributed by atoms with Crippen LogP contribution in [0.1, 0.15) is 18.4 Å². The monoisotopic (exact) mass is 301 g/mol. The second kappa shape index (κ2) is 6.70. The highest BCUT2D eigenvalue weighted by atomic mass is 19.1. The van der Waals surface area contributed by atoms with Crippen molar-refractivity contribution in [1.29, 1.82) is 0 Å². The lowest BCUT2D eigenvalue weighted by atomic mass is 10.0. The van der Waals surface area contributed by atoms with Crippen LogP contribution < -0.4 is 11.1 Å². The SMILES string of the molecule is Nc1cc(NC2CCCN(Cc3ccccc3F)C2)ncn1. The third-order valence-electron chi connectivity index (χ3n) is 3.90. The number of aromatic nitrogens is 2. The van der Waals surface area contributed by atoms with Crippen molar-refractivity contribution in [2.24, 2.45) is 0 Å². The zero-order valence-corrected chi connectivity index (χ0v) is 12.4. The minimum atomic E-state index is -0.138. The summed E-state index contributed by atoms with van der Waals surface area (Å²) in [5.74, 6) is 1.06. The molecule has 1 aromatic carbocycles. The molecule has 1 aliphatic rings. The zero-order chi connectivity index (χ0) is 15.4. The molecule has 1 atom stereocenters. The molecule has 0 amide bonds. The Bertz CT molecular complexity index is 633. The molecule has 2 aromatic rings. The van der Waals surface area contributed by atoms with Crippen molar-refractivity contribution in [2.45, 2.75) is 25.4 Å². The van der Waals surface area contributed by atoms with Gasteiger partial charge in [0.25, 0.3) is 0 Å². The molecule has 22 heavy (non-hydrogen) atoms. The van der Waals surface area contributed by atoms with Crippen molar-refractivity contribution in [3.63, 3.8) is 0 Å². The van der Waals surface area contributed by atoms with Gasteiger partial charge >= 0.3 is 0 Å². The Morgan fingerprint density at radius 3 is 3.00 bits per heavy atom. The van der Waals surface area contributed by atoms with Crippen LogP contribution >= 0.6 is 0 Å². The molecule has 5 nitrogen and oxygen atoms in total. The maximum Gasteiger partial charge on any atom is 0.131 e. The van der Waals surface area contributed by atoms with Gasteiger partial charge in [-0.15, -0.1) is 0 Å². The molecule has 1 aromatic heterocycles. The average Bonchev–Trinajstić information content (AvgIpc) is 2.50. The first-order valence-electron chi connectivity index (χ1n) is 7.50. The molecule has 116 valence electrons. The number of nitrogens with zero attached hydrogens (tertiary/aromatic N) is 3. The predicted molar refractivity (Wildman–Crippen MR) is 84.8 cm³/mol. The van der Waals surface area contributed by atoms with Gasteiger partial charge in [0, 0.05) is 30.8 Å². The summed E-state index contributed by atoms with van der Waals surface area (Å²) < 4.78 is 13.8. The van der Waals surface area contributed by atoms with Crippen molar-refractivity contribution in [2.75, 3.05) is 24.1 Å². The molecule has 0 saturated carbocycles. The van der Waals surface area contributed by atoms with E-state index in [1.165, 1.54) is 12.4 Å². The Balaban J connectivity index is 1.61. The van der Waals surface area contributed by atoms with Gasteiger partial charge in [-0.25, -0.2) is 14.4 Å². The van der Waals surface area contributed by atoms with E-state index < -0.39 is 0 Å². The second-order valence-electron chi connectivity index (χ2n) is 5.64. The summed E-state index contributed by atoms with van der Waals surface area (Å²) in [4.78, 5) is 10.3. The lowest BCUT2D eigenvalue weighted by Gasteiger charge is -2.33. The topological polar surface area (TPSA) is 67.1 Å². The van der Waals surface area contributed by atoms with Gasteiger partial charge in [-0.05, 0) is 25.5 Å². The van der Waals surface area contributed by atoms with Crippen molar-refractivity contribution < 1.29 is 4.39 Å². The smallest absolute Gasteiger partial charge is 0.131 e. The van der Waals surface area contributed by atoms with E-state index in [4.69, 9.17) is 5.73 Å². The van der Waals surface area contributed by atoms with Crippen molar-refractivity contribution >= 4 is 11.6 Å². The van der Waals surface area contributed by atoms with Gasteiger partial charge in [0.15, 0.2) is 0 Å². The molecule has 1 saturated heterocycles. The van der Waals surface area contributed by atoms with Crippen LogP contribution in [0.15, 0.2) is 36.7 Å². The van der Waals surface area contributed by atoms with Gasteiger partial charge in [0.2, 0.25) is 0 Å². The van der Waals surface area contributed by atoms with Crippen LogP contribution in [0.5, 0.6) is 0 Å². The molecule has 0 radical (unpaired) electrons. The normalized spacial score (nSPS) is 19.0. The molecule has 3 rings (SSSR count). The van der Waals surface area contributed by atoms with E-state index in [1.54, 1.807) is 12.1 Å². The maximum absolute atomic E-state index is 13.8. The van der Waals surface area contributed by atoms with E-state index >= 15 is 0 Å². The van der Waals surface area contributed by atoms with E-state index in [2.05, 4.69) is 20.2 Å². The highest BCUT2D eigenvalue weighted by Crippen LogP contribution is 2.18. The average molecular weight is 301 g/mol. The van der Waals surface area contributed by atoms with Crippen LogP contribution in [-0.4, -0.2) is 34.0 Å². The first-order valence-corrected chi connectivity index (χ1v) is 7.50. The number of piperidine rings is 1. The number of nitrogen functional groups attached to an aromatic ring is 1. The number of nitrogens with two attached hydrogens (primary N) is 1. The van der Waals surface area contributed by atoms with E-state index in [0.29, 0.717) is 12.4 Å². The maximum atomic E-state index is 13.8. The number of anilines is 2. The van der Waals surface area contributed by atoms with Gasteiger partial charge in [-0.3, -0.25) is 4.90 Å². The Kier molecular flexibility index (Phi) is 4.48. The number of benzene rings is 1. The van der Waals surface area contributed by atoms with Crippen molar-refractivity contribution in [3.8, 4) is 0 Å². The van der Waals surface area contributed by atoms with Crippen LogP contribution in [0.2, 0.25) is 0 Å². The third-order valence-corrected chi connectivity index (χ3v) is 3.90. The first kappa shape index (κ1) is 14.7. The molecule has 3 N–H and O–H groups in total. The lowest BCUT2D eigenvalue weighted by molar-refractivity contribution is 0.206. The number of hydrogen-bond donors (Lipinski definition) is 2. The van der Waals surface area contributed by atoms with Crippen molar-refractivity contribution in [3.05, 3.63) is 48.0 Å². The molecule has 0 bridgehead atoms. The van der Waals surface area contributed by atoms with Crippen LogP contribution in [0.4, 0.5) is 16.0 Å².